The van der Waals surface area contributed by atoms with Gasteiger partial charge in [0, 0.05) is 23.8 Å². The predicted molar refractivity (Wildman–Crippen MR) is 116 cm³/mol. The first-order valence-electron chi connectivity index (χ1n) is 9.25. The normalized spacial score (nSPS) is 10.4. The van der Waals surface area contributed by atoms with E-state index in [2.05, 4.69) is 10.3 Å². The summed E-state index contributed by atoms with van der Waals surface area (Å²) in [7, 11) is 1.62. The number of anilines is 1. The Morgan fingerprint density at radius 1 is 1.00 bits per heavy atom. The molecule has 0 radical (unpaired) electrons. The molecule has 29 heavy (non-hydrogen) atoms. The maximum Gasteiger partial charge on any atom is 0.256 e. The molecule has 0 aliphatic rings. The van der Waals surface area contributed by atoms with E-state index in [0.29, 0.717) is 10.6 Å². The Bertz CT molecular complexity index is 1020. The van der Waals surface area contributed by atoms with Crippen LogP contribution in [-0.2, 0) is 4.79 Å². The third kappa shape index (κ3) is 5.23. The summed E-state index contributed by atoms with van der Waals surface area (Å²) in [6.45, 7) is 3.91. The Balaban J connectivity index is 1.70. The summed E-state index contributed by atoms with van der Waals surface area (Å²) in [4.78, 5) is 32.2. The Morgan fingerprint density at radius 3 is 2.52 bits per heavy atom. The van der Waals surface area contributed by atoms with Crippen LogP contribution < -0.4 is 5.32 Å². The summed E-state index contributed by atoms with van der Waals surface area (Å²) in [5.74, 6) is -0.483. The van der Waals surface area contributed by atoms with Crippen LogP contribution in [0.5, 0.6) is 0 Å². The molecule has 1 aromatic heterocycles. The molecule has 3 aromatic rings. The zero-order chi connectivity index (χ0) is 20.8. The summed E-state index contributed by atoms with van der Waals surface area (Å²) in [5, 5.41) is 3.51. The van der Waals surface area contributed by atoms with Crippen LogP contribution in [-0.4, -0.2) is 35.3 Å². The number of nitrogens with one attached hydrogen (secondary N) is 1. The van der Waals surface area contributed by atoms with E-state index in [1.54, 1.807) is 25.4 Å². The van der Waals surface area contributed by atoms with Gasteiger partial charge < -0.3 is 10.2 Å². The number of hydrogen-bond acceptors (Lipinski definition) is 4. The minimum absolute atomic E-state index is 0.0451. The van der Waals surface area contributed by atoms with E-state index in [1.165, 1.54) is 16.7 Å². The number of nitrogens with zero attached hydrogens (tertiary/aromatic N) is 2. The fourth-order valence-corrected chi connectivity index (χ4v) is 3.70. The van der Waals surface area contributed by atoms with Gasteiger partial charge in [0.05, 0.1) is 12.1 Å². The van der Waals surface area contributed by atoms with Gasteiger partial charge in [-0.05, 0) is 55.3 Å². The fourth-order valence-electron chi connectivity index (χ4n) is 2.80. The van der Waals surface area contributed by atoms with Crippen molar-refractivity contribution in [2.24, 2.45) is 0 Å². The first kappa shape index (κ1) is 20.6. The number of amides is 2. The highest BCUT2D eigenvalue weighted by Gasteiger charge is 2.19. The third-order valence-corrected chi connectivity index (χ3v) is 5.59. The lowest BCUT2D eigenvalue weighted by molar-refractivity contribution is -0.116. The molecule has 0 fully saturated rings. The van der Waals surface area contributed by atoms with E-state index in [0.717, 1.165) is 21.7 Å². The molecule has 1 N–H and O–H groups in total. The second kappa shape index (κ2) is 9.39. The third-order valence-electron chi connectivity index (χ3n) is 4.57. The first-order chi connectivity index (χ1) is 14.0. The topological polar surface area (TPSA) is 62.3 Å². The summed E-state index contributed by atoms with van der Waals surface area (Å²) in [6.07, 6.45) is 1.66. The summed E-state index contributed by atoms with van der Waals surface area (Å²) in [5.41, 5.74) is 3.36. The maximum atomic E-state index is 13.0. The highest BCUT2D eigenvalue weighted by molar-refractivity contribution is 7.99. The number of carbonyl (C=O) groups excluding carboxylic acids is 2. The smallest absolute Gasteiger partial charge is 0.256 e. The molecule has 2 amide bonds. The SMILES string of the molecule is Cc1cccc(NC(=O)CN(C)C(=O)c2cccnc2Sc2ccccc2)c1C. The molecule has 148 valence electrons. The van der Waals surface area contributed by atoms with Crippen LogP contribution in [0.3, 0.4) is 0 Å². The van der Waals surface area contributed by atoms with E-state index >= 15 is 0 Å². The second-order valence-corrected chi connectivity index (χ2v) is 7.79. The van der Waals surface area contributed by atoms with Crippen LogP contribution in [0.2, 0.25) is 0 Å². The zero-order valence-corrected chi connectivity index (χ0v) is 17.5. The van der Waals surface area contributed by atoms with Crippen LogP contribution >= 0.6 is 11.8 Å². The van der Waals surface area contributed by atoms with Crippen molar-refractivity contribution in [2.75, 3.05) is 18.9 Å². The molecule has 1 heterocycles. The summed E-state index contributed by atoms with van der Waals surface area (Å²) < 4.78 is 0. The van der Waals surface area contributed by atoms with Crippen molar-refractivity contribution in [3.63, 3.8) is 0 Å². The number of rotatable bonds is 6. The highest BCUT2D eigenvalue weighted by atomic mass is 32.2. The number of likely N-dealkylation sites (N-methyl/N-ethyl adjacent to an activating group) is 1. The number of aryl methyl sites for hydroxylation is 1. The molecule has 0 unspecified atom stereocenters. The molecule has 0 saturated heterocycles. The van der Waals surface area contributed by atoms with Crippen molar-refractivity contribution < 1.29 is 9.59 Å². The minimum atomic E-state index is -0.243. The van der Waals surface area contributed by atoms with Gasteiger partial charge in [-0.25, -0.2) is 4.98 Å². The average Bonchev–Trinajstić information content (AvgIpc) is 2.72. The van der Waals surface area contributed by atoms with Gasteiger partial charge in [0.1, 0.15) is 5.03 Å². The van der Waals surface area contributed by atoms with E-state index in [4.69, 9.17) is 0 Å². The molecular weight excluding hydrogens is 382 g/mol. The Hall–Kier alpha value is -3.12. The molecule has 0 aliphatic carbocycles. The van der Waals surface area contributed by atoms with Crippen LogP contribution in [0.15, 0.2) is 76.8 Å². The molecule has 0 bridgehead atoms. The van der Waals surface area contributed by atoms with E-state index in [9.17, 15) is 9.59 Å². The number of carbonyl (C=O) groups is 2. The molecule has 3 rings (SSSR count). The molecule has 0 spiro atoms. The van der Waals surface area contributed by atoms with Gasteiger partial charge in [0.15, 0.2) is 0 Å². The van der Waals surface area contributed by atoms with E-state index in [-0.39, 0.29) is 18.4 Å². The van der Waals surface area contributed by atoms with Crippen molar-refractivity contribution in [3.05, 3.63) is 83.6 Å². The molecule has 0 aliphatic heterocycles. The van der Waals surface area contributed by atoms with Crippen molar-refractivity contribution in [2.45, 2.75) is 23.8 Å². The molecule has 6 heteroatoms. The monoisotopic (exact) mass is 405 g/mol. The Morgan fingerprint density at radius 2 is 1.76 bits per heavy atom. The standard InChI is InChI=1S/C23H23N3O2S/c1-16-9-7-13-20(17(16)2)25-21(27)15-26(3)23(28)19-12-8-14-24-22(19)29-18-10-5-4-6-11-18/h4-14H,15H2,1-3H3,(H,25,27). The van der Waals surface area contributed by atoms with Gasteiger partial charge in [0.25, 0.3) is 5.91 Å². The Labute approximate surface area is 175 Å². The van der Waals surface area contributed by atoms with Crippen molar-refractivity contribution in [3.8, 4) is 0 Å². The first-order valence-corrected chi connectivity index (χ1v) is 10.1. The predicted octanol–water partition coefficient (Wildman–Crippen LogP) is 4.56. The lowest BCUT2D eigenvalue weighted by atomic mass is 10.1. The van der Waals surface area contributed by atoms with Gasteiger partial charge >= 0.3 is 0 Å². The highest BCUT2D eigenvalue weighted by Crippen LogP contribution is 2.28. The molecule has 5 nitrogen and oxygen atoms in total. The van der Waals surface area contributed by atoms with Crippen molar-refractivity contribution in [1.82, 2.24) is 9.88 Å². The van der Waals surface area contributed by atoms with Crippen LogP contribution in [0, 0.1) is 13.8 Å². The fraction of sp³-hybridized carbons (Fsp3) is 0.174. The number of aromatic nitrogens is 1. The quantitative estimate of drug-likeness (QED) is 0.653. The number of pyridine rings is 1. The second-order valence-electron chi connectivity index (χ2n) is 6.73. The van der Waals surface area contributed by atoms with Crippen LogP contribution in [0.4, 0.5) is 5.69 Å². The Kier molecular flexibility index (Phi) is 6.67. The van der Waals surface area contributed by atoms with Gasteiger partial charge in [0.2, 0.25) is 5.91 Å². The van der Waals surface area contributed by atoms with Crippen LogP contribution in [0.25, 0.3) is 0 Å². The molecule has 2 aromatic carbocycles. The van der Waals surface area contributed by atoms with E-state index in [1.807, 2.05) is 62.4 Å². The number of hydrogen-bond donors (Lipinski definition) is 1. The maximum absolute atomic E-state index is 13.0. The van der Waals surface area contributed by atoms with Gasteiger partial charge in [-0.15, -0.1) is 0 Å². The molecule has 0 atom stereocenters. The summed E-state index contributed by atoms with van der Waals surface area (Å²) in [6, 6.07) is 19.0. The van der Waals surface area contributed by atoms with Crippen molar-refractivity contribution >= 4 is 29.3 Å². The van der Waals surface area contributed by atoms with Gasteiger partial charge in [-0.2, -0.15) is 0 Å². The lowest BCUT2D eigenvalue weighted by Gasteiger charge is -2.19. The molecule has 0 saturated carbocycles. The number of benzene rings is 2. The van der Waals surface area contributed by atoms with E-state index < -0.39 is 0 Å². The van der Waals surface area contributed by atoms with Crippen LogP contribution in [0.1, 0.15) is 21.5 Å². The lowest BCUT2D eigenvalue weighted by Crippen LogP contribution is -2.35. The van der Waals surface area contributed by atoms with Gasteiger partial charge in [-0.1, -0.05) is 42.1 Å². The summed E-state index contributed by atoms with van der Waals surface area (Å²) >= 11 is 1.43. The van der Waals surface area contributed by atoms with Gasteiger partial charge in [-0.3, -0.25) is 9.59 Å². The average molecular weight is 406 g/mol. The zero-order valence-electron chi connectivity index (χ0n) is 16.7. The minimum Gasteiger partial charge on any atom is -0.332 e. The van der Waals surface area contributed by atoms with Crippen molar-refractivity contribution in [1.29, 1.82) is 0 Å². The molecular formula is C23H23N3O2S. The largest absolute Gasteiger partial charge is 0.332 e.